The monoisotopic (exact) mass is 289 g/mol. The van der Waals surface area contributed by atoms with Crippen molar-refractivity contribution in [1.82, 2.24) is 0 Å². The van der Waals surface area contributed by atoms with Gasteiger partial charge in [0.2, 0.25) is 0 Å². The lowest BCUT2D eigenvalue weighted by molar-refractivity contribution is 0.0697. The predicted molar refractivity (Wildman–Crippen MR) is 77.8 cm³/mol. The molecule has 0 aliphatic carbocycles. The van der Waals surface area contributed by atoms with Gasteiger partial charge in [0, 0.05) is 5.02 Å². The van der Waals surface area contributed by atoms with Crippen molar-refractivity contribution in [2.75, 3.05) is 0 Å². The van der Waals surface area contributed by atoms with Gasteiger partial charge in [-0.2, -0.15) is 0 Å². The molecule has 20 heavy (non-hydrogen) atoms. The van der Waals surface area contributed by atoms with Gasteiger partial charge in [-0.15, -0.1) is 0 Å². The maximum atomic E-state index is 10.7. The zero-order valence-electron chi connectivity index (χ0n) is 10.7. The molecule has 0 amide bonds. The first-order chi connectivity index (χ1) is 9.54. The van der Waals surface area contributed by atoms with Crippen LogP contribution in [0.2, 0.25) is 5.02 Å². The van der Waals surface area contributed by atoms with Crippen molar-refractivity contribution in [3.8, 4) is 5.75 Å². The van der Waals surface area contributed by atoms with Gasteiger partial charge in [-0.05, 0) is 54.4 Å². The average Bonchev–Trinajstić information content (AvgIpc) is 2.38. The fourth-order valence-corrected chi connectivity index (χ4v) is 1.94. The molecule has 0 fully saturated rings. The van der Waals surface area contributed by atoms with E-state index in [2.05, 4.69) is 5.16 Å². The van der Waals surface area contributed by atoms with Crippen LogP contribution in [0, 0.1) is 6.92 Å². The molecular formula is C15H12ClNO3. The zero-order chi connectivity index (χ0) is 14.5. The van der Waals surface area contributed by atoms with Crippen LogP contribution in [-0.2, 0) is 0 Å². The van der Waals surface area contributed by atoms with Gasteiger partial charge in [-0.25, -0.2) is 4.79 Å². The van der Waals surface area contributed by atoms with E-state index in [-0.39, 0.29) is 5.56 Å². The van der Waals surface area contributed by atoms with Crippen LogP contribution in [-0.4, -0.2) is 17.3 Å². The van der Waals surface area contributed by atoms with Gasteiger partial charge < -0.3 is 9.94 Å². The molecule has 0 saturated carbocycles. The maximum Gasteiger partial charge on any atom is 0.335 e. The Morgan fingerprint density at radius 1 is 1.25 bits per heavy atom. The summed E-state index contributed by atoms with van der Waals surface area (Å²) in [6, 6.07) is 11.5. The highest BCUT2D eigenvalue weighted by atomic mass is 35.5. The van der Waals surface area contributed by atoms with Crippen molar-refractivity contribution in [2.24, 2.45) is 5.16 Å². The van der Waals surface area contributed by atoms with Gasteiger partial charge >= 0.3 is 5.97 Å². The number of carbonyl (C=O) groups is 1. The number of carboxylic acid groups (broad SMARTS) is 1. The molecule has 102 valence electrons. The average molecular weight is 290 g/mol. The van der Waals surface area contributed by atoms with E-state index >= 15 is 0 Å². The molecule has 0 radical (unpaired) electrons. The molecule has 0 heterocycles. The maximum absolute atomic E-state index is 10.7. The highest BCUT2D eigenvalue weighted by Crippen LogP contribution is 2.14. The fraction of sp³-hybridized carbons (Fsp3) is 0.0667. The summed E-state index contributed by atoms with van der Waals surface area (Å²) < 4.78 is 0. The SMILES string of the molecule is Cc1cc(Cl)cc(/C=N\Oc2ccc(C(=O)O)cc2)c1. The van der Waals surface area contributed by atoms with E-state index in [0.29, 0.717) is 10.8 Å². The molecule has 0 aliphatic rings. The summed E-state index contributed by atoms with van der Waals surface area (Å²) in [5.74, 6) is -0.514. The number of rotatable bonds is 4. The number of aromatic carboxylic acids is 1. The molecule has 0 saturated heterocycles. The first-order valence-corrected chi connectivity index (χ1v) is 6.23. The van der Waals surface area contributed by atoms with E-state index in [0.717, 1.165) is 11.1 Å². The van der Waals surface area contributed by atoms with Crippen molar-refractivity contribution in [1.29, 1.82) is 0 Å². The standard InChI is InChI=1S/C15H12ClNO3/c1-10-6-11(8-13(16)7-10)9-17-20-14-4-2-12(3-5-14)15(18)19/h2-9H,1H3,(H,18,19)/b17-9-. The van der Waals surface area contributed by atoms with Crippen molar-refractivity contribution in [3.63, 3.8) is 0 Å². The number of halogens is 1. The smallest absolute Gasteiger partial charge is 0.335 e. The third-order valence-electron chi connectivity index (χ3n) is 2.53. The highest BCUT2D eigenvalue weighted by molar-refractivity contribution is 6.30. The molecule has 2 aromatic carbocycles. The Kier molecular flexibility index (Phi) is 4.38. The van der Waals surface area contributed by atoms with Crippen LogP contribution in [0.4, 0.5) is 0 Å². The minimum absolute atomic E-state index is 0.201. The number of hydrogen-bond donors (Lipinski definition) is 1. The first kappa shape index (κ1) is 14.1. The summed E-state index contributed by atoms with van der Waals surface area (Å²) in [6.07, 6.45) is 1.55. The summed E-state index contributed by atoms with van der Waals surface area (Å²) in [7, 11) is 0. The van der Waals surface area contributed by atoms with Crippen molar-refractivity contribution in [2.45, 2.75) is 6.92 Å². The van der Waals surface area contributed by atoms with Crippen LogP contribution in [0.25, 0.3) is 0 Å². The second-order valence-corrected chi connectivity index (χ2v) is 4.65. The van der Waals surface area contributed by atoms with E-state index in [1.807, 2.05) is 19.1 Å². The van der Waals surface area contributed by atoms with Gasteiger partial charge in [-0.1, -0.05) is 22.8 Å². The Hall–Kier alpha value is -2.33. The van der Waals surface area contributed by atoms with Gasteiger partial charge in [0.15, 0.2) is 5.75 Å². The number of benzene rings is 2. The second-order valence-electron chi connectivity index (χ2n) is 4.22. The Balaban J connectivity index is 2.04. The van der Waals surface area contributed by atoms with Gasteiger partial charge in [-0.3, -0.25) is 0 Å². The van der Waals surface area contributed by atoms with Crippen LogP contribution < -0.4 is 4.84 Å². The fourth-order valence-electron chi connectivity index (χ4n) is 1.65. The number of aryl methyl sites for hydroxylation is 1. The quantitative estimate of drug-likeness (QED) is 0.688. The summed E-state index contributed by atoms with van der Waals surface area (Å²) >= 11 is 5.94. The Morgan fingerprint density at radius 3 is 2.55 bits per heavy atom. The van der Waals surface area contributed by atoms with Crippen LogP contribution in [0.15, 0.2) is 47.6 Å². The molecule has 2 aromatic rings. The molecular weight excluding hydrogens is 278 g/mol. The number of nitrogens with zero attached hydrogens (tertiary/aromatic N) is 1. The Labute approximate surface area is 121 Å². The Bertz CT molecular complexity index is 630. The van der Waals surface area contributed by atoms with Gasteiger partial charge in [0.05, 0.1) is 11.8 Å². The van der Waals surface area contributed by atoms with Gasteiger partial charge in [0.25, 0.3) is 0 Å². The lowest BCUT2D eigenvalue weighted by Gasteiger charge is -2.00. The molecule has 0 unspecified atom stereocenters. The minimum atomic E-state index is -0.977. The van der Waals surface area contributed by atoms with E-state index in [1.165, 1.54) is 12.1 Å². The topological polar surface area (TPSA) is 58.9 Å². The van der Waals surface area contributed by atoms with Crippen LogP contribution >= 0.6 is 11.6 Å². The van der Waals surface area contributed by atoms with Crippen molar-refractivity contribution in [3.05, 3.63) is 64.2 Å². The largest absolute Gasteiger partial charge is 0.478 e. The van der Waals surface area contributed by atoms with Crippen molar-refractivity contribution >= 4 is 23.8 Å². The first-order valence-electron chi connectivity index (χ1n) is 5.85. The second kappa shape index (κ2) is 6.21. The molecule has 4 nitrogen and oxygen atoms in total. The number of hydrogen-bond acceptors (Lipinski definition) is 3. The molecule has 0 aromatic heterocycles. The van der Waals surface area contributed by atoms with Gasteiger partial charge in [0.1, 0.15) is 0 Å². The van der Waals surface area contributed by atoms with Crippen molar-refractivity contribution < 1.29 is 14.7 Å². The molecule has 0 bridgehead atoms. The third kappa shape index (κ3) is 3.83. The zero-order valence-corrected chi connectivity index (χ0v) is 11.5. The van der Waals surface area contributed by atoms with Crippen LogP contribution in [0.1, 0.15) is 21.5 Å². The van der Waals surface area contributed by atoms with Crippen LogP contribution in [0.3, 0.4) is 0 Å². The molecule has 0 spiro atoms. The predicted octanol–water partition coefficient (Wildman–Crippen LogP) is 3.76. The molecule has 5 heteroatoms. The molecule has 1 N–H and O–H groups in total. The highest BCUT2D eigenvalue weighted by Gasteiger charge is 2.01. The van der Waals surface area contributed by atoms with E-state index in [1.54, 1.807) is 24.4 Å². The molecule has 0 atom stereocenters. The third-order valence-corrected chi connectivity index (χ3v) is 2.74. The molecule has 2 rings (SSSR count). The van der Waals surface area contributed by atoms with E-state index in [9.17, 15) is 4.79 Å². The van der Waals surface area contributed by atoms with E-state index < -0.39 is 5.97 Å². The summed E-state index contributed by atoms with van der Waals surface area (Å²) in [4.78, 5) is 15.8. The number of carboxylic acids is 1. The lowest BCUT2D eigenvalue weighted by atomic mass is 10.1. The summed E-state index contributed by atoms with van der Waals surface area (Å²) in [6.45, 7) is 1.94. The lowest BCUT2D eigenvalue weighted by Crippen LogP contribution is -1.95. The minimum Gasteiger partial charge on any atom is -0.478 e. The van der Waals surface area contributed by atoms with E-state index in [4.69, 9.17) is 21.5 Å². The molecule has 0 aliphatic heterocycles. The Morgan fingerprint density at radius 2 is 1.95 bits per heavy atom. The van der Waals surface area contributed by atoms with Crippen LogP contribution in [0.5, 0.6) is 5.75 Å². The summed E-state index contributed by atoms with van der Waals surface area (Å²) in [5, 5.41) is 13.2. The summed E-state index contributed by atoms with van der Waals surface area (Å²) in [5.41, 5.74) is 2.06. The normalized spacial score (nSPS) is 10.7. The number of oxime groups is 1.